The highest BCUT2D eigenvalue weighted by molar-refractivity contribution is 5.33. The number of aromatic nitrogens is 2. The largest absolute Gasteiger partial charge is 0.369 e. The topological polar surface area (TPSA) is 69.8 Å². The van der Waals surface area contributed by atoms with Crippen LogP contribution < -0.4 is 16.2 Å². The zero-order valence-corrected chi connectivity index (χ0v) is 8.84. The smallest absolute Gasteiger partial charge is 0.252 e. The molecule has 1 aliphatic rings. The van der Waals surface area contributed by atoms with Crippen LogP contribution in [0.5, 0.6) is 0 Å². The first-order valence-corrected chi connectivity index (χ1v) is 5.29. The lowest BCUT2D eigenvalue weighted by Crippen LogP contribution is -2.20. The van der Waals surface area contributed by atoms with E-state index in [1.165, 1.54) is 6.07 Å². The van der Waals surface area contributed by atoms with E-state index in [1.54, 1.807) is 0 Å². The Hall–Kier alpha value is -1.36. The summed E-state index contributed by atoms with van der Waals surface area (Å²) in [6, 6.07) is 1.50. The third-order valence-electron chi connectivity index (χ3n) is 2.41. The first-order chi connectivity index (χ1) is 7.29. The molecule has 0 saturated heterocycles. The van der Waals surface area contributed by atoms with Gasteiger partial charge < -0.3 is 15.6 Å². The minimum absolute atomic E-state index is 0.0705. The van der Waals surface area contributed by atoms with Crippen molar-refractivity contribution in [2.75, 3.05) is 25.5 Å². The maximum absolute atomic E-state index is 11.3. The average molecular weight is 208 g/mol. The van der Waals surface area contributed by atoms with E-state index < -0.39 is 0 Å². The first kappa shape index (κ1) is 10.2. The molecule has 0 aliphatic heterocycles. The third-order valence-corrected chi connectivity index (χ3v) is 2.41. The van der Waals surface area contributed by atoms with Crippen molar-refractivity contribution in [1.82, 2.24) is 15.3 Å². The summed E-state index contributed by atoms with van der Waals surface area (Å²) in [6.07, 6.45) is 2.28. The van der Waals surface area contributed by atoms with E-state index in [0.29, 0.717) is 11.7 Å². The molecule has 0 radical (unpaired) electrons. The van der Waals surface area contributed by atoms with Gasteiger partial charge in [-0.2, -0.15) is 0 Å². The number of hydrogen-bond acceptors (Lipinski definition) is 4. The number of hydrogen-bond donors (Lipinski definition) is 3. The highest BCUT2D eigenvalue weighted by atomic mass is 16.1. The van der Waals surface area contributed by atoms with Crippen molar-refractivity contribution in [2.24, 2.45) is 0 Å². The highest BCUT2D eigenvalue weighted by Gasteiger charge is 2.26. The van der Waals surface area contributed by atoms with Crippen LogP contribution in [-0.2, 0) is 0 Å². The van der Waals surface area contributed by atoms with Gasteiger partial charge in [-0.15, -0.1) is 0 Å². The predicted molar refractivity (Wildman–Crippen MR) is 59.2 cm³/mol. The molecule has 3 N–H and O–H groups in total. The molecule has 0 amide bonds. The van der Waals surface area contributed by atoms with Crippen LogP contribution in [0.3, 0.4) is 0 Å². The Morgan fingerprint density at radius 2 is 2.33 bits per heavy atom. The molecule has 0 spiro atoms. The minimum atomic E-state index is -0.0705. The van der Waals surface area contributed by atoms with Crippen molar-refractivity contribution in [2.45, 2.75) is 18.8 Å². The Labute approximate surface area is 88.3 Å². The molecule has 1 aromatic heterocycles. The van der Waals surface area contributed by atoms with Gasteiger partial charge in [-0.25, -0.2) is 4.98 Å². The fourth-order valence-corrected chi connectivity index (χ4v) is 1.43. The summed E-state index contributed by atoms with van der Waals surface area (Å²) in [5.74, 6) is 1.98. The average Bonchev–Trinajstić information content (AvgIpc) is 3.00. The Bertz CT molecular complexity index is 383. The summed E-state index contributed by atoms with van der Waals surface area (Å²) in [5, 5.41) is 6.14. The van der Waals surface area contributed by atoms with Crippen molar-refractivity contribution < 1.29 is 0 Å². The molecule has 15 heavy (non-hydrogen) atoms. The summed E-state index contributed by atoms with van der Waals surface area (Å²) in [7, 11) is 1.89. The molecule has 1 aromatic rings. The summed E-state index contributed by atoms with van der Waals surface area (Å²) < 4.78 is 0. The zero-order valence-electron chi connectivity index (χ0n) is 8.84. The molecule has 0 unspecified atom stereocenters. The van der Waals surface area contributed by atoms with E-state index in [0.717, 1.165) is 31.8 Å². The van der Waals surface area contributed by atoms with E-state index in [2.05, 4.69) is 20.6 Å². The SMILES string of the molecule is CNCCNc1cc(=O)[nH]c(C2CC2)n1. The van der Waals surface area contributed by atoms with Crippen molar-refractivity contribution in [1.29, 1.82) is 0 Å². The Kier molecular flexibility index (Phi) is 3.01. The number of H-pyrrole nitrogens is 1. The van der Waals surface area contributed by atoms with Crippen LogP contribution in [0.4, 0.5) is 5.82 Å². The molecule has 5 heteroatoms. The molecular formula is C10H16N4O. The summed E-state index contributed by atoms with van der Waals surface area (Å²) in [4.78, 5) is 18.5. The second-order valence-electron chi connectivity index (χ2n) is 3.82. The number of aromatic amines is 1. The summed E-state index contributed by atoms with van der Waals surface area (Å²) in [5.41, 5.74) is -0.0705. The van der Waals surface area contributed by atoms with E-state index in [1.807, 2.05) is 7.05 Å². The normalized spacial score (nSPS) is 15.3. The molecule has 1 aliphatic carbocycles. The molecule has 5 nitrogen and oxygen atoms in total. The Morgan fingerprint density at radius 1 is 1.53 bits per heavy atom. The number of nitrogens with zero attached hydrogens (tertiary/aromatic N) is 1. The van der Waals surface area contributed by atoms with Crippen LogP contribution in [0.15, 0.2) is 10.9 Å². The standard InChI is InChI=1S/C10H16N4O/c1-11-4-5-12-8-6-9(15)14-10(13-8)7-2-3-7/h6-7,11H,2-5H2,1H3,(H2,12,13,14,15). The quantitative estimate of drug-likeness (QED) is 0.608. The van der Waals surface area contributed by atoms with E-state index in [4.69, 9.17) is 0 Å². The maximum atomic E-state index is 11.3. The van der Waals surface area contributed by atoms with Crippen LogP contribution in [0, 0.1) is 0 Å². The van der Waals surface area contributed by atoms with Gasteiger partial charge >= 0.3 is 0 Å². The second kappa shape index (κ2) is 4.44. The van der Waals surface area contributed by atoms with Crippen LogP contribution in [0.1, 0.15) is 24.6 Å². The summed E-state index contributed by atoms with van der Waals surface area (Å²) >= 11 is 0. The third kappa shape index (κ3) is 2.79. The molecular weight excluding hydrogens is 192 g/mol. The summed E-state index contributed by atoms with van der Waals surface area (Å²) in [6.45, 7) is 1.63. The van der Waals surface area contributed by atoms with Crippen LogP contribution in [0.25, 0.3) is 0 Å². The predicted octanol–water partition coefficient (Wildman–Crippen LogP) is 0.279. The van der Waals surface area contributed by atoms with Gasteiger partial charge in [0, 0.05) is 25.1 Å². The molecule has 1 heterocycles. The monoisotopic (exact) mass is 208 g/mol. The molecule has 82 valence electrons. The molecule has 0 aromatic carbocycles. The van der Waals surface area contributed by atoms with E-state index in [9.17, 15) is 4.79 Å². The molecule has 0 atom stereocenters. The lowest BCUT2D eigenvalue weighted by molar-refractivity contribution is 0.816. The van der Waals surface area contributed by atoms with Crippen LogP contribution in [-0.4, -0.2) is 30.1 Å². The Balaban J connectivity index is 2.06. The van der Waals surface area contributed by atoms with Gasteiger partial charge in [0.1, 0.15) is 11.6 Å². The number of nitrogens with one attached hydrogen (secondary N) is 3. The van der Waals surface area contributed by atoms with Crippen molar-refractivity contribution >= 4 is 5.82 Å². The lowest BCUT2D eigenvalue weighted by atomic mass is 10.4. The molecule has 1 saturated carbocycles. The fourth-order valence-electron chi connectivity index (χ4n) is 1.43. The minimum Gasteiger partial charge on any atom is -0.369 e. The molecule has 2 rings (SSSR count). The number of anilines is 1. The molecule has 0 bridgehead atoms. The van der Waals surface area contributed by atoms with Gasteiger partial charge in [0.25, 0.3) is 5.56 Å². The van der Waals surface area contributed by atoms with E-state index in [-0.39, 0.29) is 5.56 Å². The first-order valence-electron chi connectivity index (χ1n) is 5.29. The number of likely N-dealkylation sites (N-methyl/N-ethyl adjacent to an activating group) is 1. The van der Waals surface area contributed by atoms with Crippen molar-refractivity contribution in [3.05, 3.63) is 22.2 Å². The zero-order chi connectivity index (χ0) is 10.7. The van der Waals surface area contributed by atoms with Crippen molar-refractivity contribution in [3.8, 4) is 0 Å². The van der Waals surface area contributed by atoms with Crippen LogP contribution >= 0.6 is 0 Å². The second-order valence-corrected chi connectivity index (χ2v) is 3.82. The van der Waals surface area contributed by atoms with E-state index >= 15 is 0 Å². The molecule has 1 fully saturated rings. The van der Waals surface area contributed by atoms with Gasteiger partial charge in [-0.05, 0) is 19.9 Å². The van der Waals surface area contributed by atoms with Crippen LogP contribution in [0.2, 0.25) is 0 Å². The number of rotatable bonds is 5. The Morgan fingerprint density at radius 3 is 3.00 bits per heavy atom. The van der Waals surface area contributed by atoms with Crippen molar-refractivity contribution in [3.63, 3.8) is 0 Å². The lowest BCUT2D eigenvalue weighted by Gasteiger charge is -2.05. The van der Waals surface area contributed by atoms with Gasteiger partial charge in [-0.1, -0.05) is 0 Å². The van der Waals surface area contributed by atoms with Gasteiger partial charge in [0.15, 0.2) is 0 Å². The van der Waals surface area contributed by atoms with Gasteiger partial charge in [-0.3, -0.25) is 4.79 Å². The maximum Gasteiger partial charge on any atom is 0.252 e. The van der Waals surface area contributed by atoms with Gasteiger partial charge in [0.05, 0.1) is 0 Å². The fraction of sp³-hybridized carbons (Fsp3) is 0.600. The highest BCUT2D eigenvalue weighted by Crippen LogP contribution is 2.37. The van der Waals surface area contributed by atoms with Gasteiger partial charge in [0.2, 0.25) is 0 Å².